The average molecular weight is 186 g/mol. The Bertz CT molecular complexity index is 213. The van der Waals surface area contributed by atoms with Crippen LogP contribution >= 0.6 is 0 Å². The van der Waals surface area contributed by atoms with Gasteiger partial charge in [0.1, 0.15) is 6.04 Å². The third kappa shape index (κ3) is 2.93. The number of carboxylic acids is 1. The van der Waals surface area contributed by atoms with E-state index < -0.39 is 12.0 Å². The summed E-state index contributed by atoms with van der Waals surface area (Å²) < 4.78 is 0. The summed E-state index contributed by atoms with van der Waals surface area (Å²) in [6.07, 6.45) is 3.13. The molecule has 0 aromatic rings. The maximum absolute atomic E-state index is 11.1. The Morgan fingerprint density at radius 1 is 1.46 bits per heavy atom. The minimum Gasteiger partial charge on any atom is -0.480 e. The summed E-state index contributed by atoms with van der Waals surface area (Å²) in [5.74, 6) is -1.02. The lowest BCUT2D eigenvalue weighted by Crippen LogP contribution is -2.49. The molecule has 0 bridgehead atoms. The van der Waals surface area contributed by atoms with E-state index in [2.05, 4.69) is 10.6 Å². The molecule has 2 amide bonds. The van der Waals surface area contributed by atoms with E-state index in [-0.39, 0.29) is 12.1 Å². The lowest BCUT2D eigenvalue weighted by atomic mass is 9.93. The highest BCUT2D eigenvalue weighted by Crippen LogP contribution is 2.17. The molecule has 74 valence electrons. The predicted molar refractivity (Wildman–Crippen MR) is 46.4 cm³/mol. The highest BCUT2D eigenvalue weighted by atomic mass is 16.4. The van der Waals surface area contributed by atoms with E-state index in [0.29, 0.717) is 0 Å². The van der Waals surface area contributed by atoms with Gasteiger partial charge in [0.05, 0.1) is 0 Å². The molecular weight excluding hydrogens is 172 g/mol. The highest BCUT2D eigenvalue weighted by molar-refractivity contribution is 5.82. The minimum absolute atomic E-state index is 0.237. The Morgan fingerprint density at radius 2 is 2.08 bits per heavy atom. The topological polar surface area (TPSA) is 78.4 Å². The molecule has 0 aromatic carbocycles. The molecular formula is C8H14N2O3. The van der Waals surface area contributed by atoms with Crippen molar-refractivity contribution in [3.05, 3.63) is 0 Å². The van der Waals surface area contributed by atoms with Crippen LogP contribution in [0.2, 0.25) is 0 Å². The Kier molecular flexibility index (Phi) is 3.11. The molecule has 5 heteroatoms. The van der Waals surface area contributed by atoms with Crippen molar-refractivity contribution < 1.29 is 14.7 Å². The molecule has 1 aliphatic carbocycles. The molecule has 1 unspecified atom stereocenters. The van der Waals surface area contributed by atoms with E-state index in [1.165, 1.54) is 6.92 Å². The van der Waals surface area contributed by atoms with Gasteiger partial charge in [0.25, 0.3) is 0 Å². The van der Waals surface area contributed by atoms with Crippen LogP contribution in [0.15, 0.2) is 0 Å². The molecule has 3 N–H and O–H groups in total. The summed E-state index contributed by atoms with van der Waals surface area (Å²) >= 11 is 0. The lowest BCUT2D eigenvalue weighted by Gasteiger charge is -2.26. The number of nitrogens with one attached hydrogen (secondary N) is 2. The van der Waals surface area contributed by atoms with Gasteiger partial charge in [-0.3, -0.25) is 4.79 Å². The van der Waals surface area contributed by atoms with Crippen LogP contribution in [0.3, 0.4) is 0 Å². The van der Waals surface area contributed by atoms with E-state index in [1.807, 2.05) is 0 Å². The van der Waals surface area contributed by atoms with Crippen molar-refractivity contribution in [1.82, 2.24) is 10.6 Å². The Balaban J connectivity index is 2.19. The second kappa shape index (κ2) is 4.11. The number of rotatable bonds is 3. The van der Waals surface area contributed by atoms with E-state index in [9.17, 15) is 9.59 Å². The average Bonchev–Trinajstić information content (AvgIpc) is 1.96. The van der Waals surface area contributed by atoms with E-state index >= 15 is 0 Å². The molecule has 0 heterocycles. The summed E-state index contributed by atoms with van der Waals surface area (Å²) in [6, 6.07) is -0.985. The molecule has 1 fully saturated rings. The number of carbonyl (C=O) groups excluding carboxylic acids is 1. The summed E-state index contributed by atoms with van der Waals surface area (Å²) in [7, 11) is 0. The van der Waals surface area contributed by atoms with Crippen LogP contribution in [0.25, 0.3) is 0 Å². The van der Waals surface area contributed by atoms with Crippen molar-refractivity contribution in [2.24, 2.45) is 0 Å². The number of carboxylic acid groups (broad SMARTS) is 1. The summed E-state index contributed by atoms with van der Waals surface area (Å²) in [5.41, 5.74) is 0. The standard InChI is InChI=1S/C8H14N2O3/c1-5(7(11)12)9-8(13)10-6-3-2-4-6/h5-6H,2-4H2,1H3,(H,11,12)(H2,9,10,13). The maximum atomic E-state index is 11.1. The first kappa shape index (κ1) is 9.83. The maximum Gasteiger partial charge on any atom is 0.325 e. The van der Waals surface area contributed by atoms with E-state index in [4.69, 9.17) is 5.11 Å². The monoisotopic (exact) mass is 186 g/mol. The molecule has 0 saturated heterocycles. The van der Waals surface area contributed by atoms with Crippen LogP contribution < -0.4 is 10.6 Å². The van der Waals surface area contributed by atoms with Crippen molar-refractivity contribution >= 4 is 12.0 Å². The molecule has 0 aliphatic heterocycles. The van der Waals surface area contributed by atoms with Gasteiger partial charge >= 0.3 is 12.0 Å². The second-order valence-electron chi connectivity index (χ2n) is 3.31. The van der Waals surface area contributed by atoms with Crippen LogP contribution in [-0.4, -0.2) is 29.2 Å². The Morgan fingerprint density at radius 3 is 2.46 bits per heavy atom. The molecule has 1 saturated carbocycles. The first-order valence-electron chi connectivity index (χ1n) is 4.39. The van der Waals surface area contributed by atoms with Crippen LogP contribution in [0.1, 0.15) is 26.2 Å². The minimum atomic E-state index is -1.02. The number of hydrogen-bond acceptors (Lipinski definition) is 2. The zero-order valence-corrected chi connectivity index (χ0v) is 7.54. The van der Waals surface area contributed by atoms with Gasteiger partial charge in [-0.25, -0.2) is 4.79 Å². The van der Waals surface area contributed by atoms with Crippen LogP contribution in [-0.2, 0) is 4.79 Å². The van der Waals surface area contributed by atoms with Gasteiger partial charge in [-0.2, -0.15) is 0 Å². The first-order valence-corrected chi connectivity index (χ1v) is 4.39. The van der Waals surface area contributed by atoms with Crippen LogP contribution in [0, 0.1) is 0 Å². The molecule has 13 heavy (non-hydrogen) atoms. The normalized spacial score (nSPS) is 18.5. The second-order valence-corrected chi connectivity index (χ2v) is 3.31. The van der Waals surface area contributed by atoms with Crippen molar-refractivity contribution in [1.29, 1.82) is 0 Å². The zero-order valence-electron chi connectivity index (χ0n) is 7.54. The van der Waals surface area contributed by atoms with Crippen molar-refractivity contribution in [3.8, 4) is 0 Å². The number of carbonyl (C=O) groups is 2. The highest BCUT2D eigenvalue weighted by Gasteiger charge is 2.21. The quantitative estimate of drug-likeness (QED) is 0.593. The zero-order chi connectivity index (χ0) is 9.84. The van der Waals surface area contributed by atoms with Gasteiger partial charge in [-0.1, -0.05) is 0 Å². The van der Waals surface area contributed by atoms with E-state index in [0.717, 1.165) is 19.3 Å². The third-order valence-electron chi connectivity index (χ3n) is 2.16. The summed E-state index contributed by atoms with van der Waals surface area (Å²) in [4.78, 5) is 21.4. The van der Waals surface area contributed by atoms with Crippen molar-refractivity contribution in [3.63, 3.8) is 0 Å². The third-order valence-corrected chi connectivity index (χ3v) is 2.16. The van der Waals surface area contributed by atoms with Gasteiger partial charge in [-0.05, 0) is 26.2 Å². The SMILES string of the molecule is CC(NC(=O)NC1CCC1)C(=O)O. The van der Waals surface area contributed by atoms with Crippen molar-refractivity contribution in [2.45, 2.75) is 38.3 Å². The van der Waals surface area contributed by atoms with Gasteiger partial charge in [0.2, 0.25) is 0 Å². The first-order chi connectivity index (χ1) is 6.09. The van der Waals surface area contributed by atoms with Crippen LogP contribution in [0.5, 0.6) is 0 Å². The fourth-order valence-corrected chi connectivity index (χ4v) is 1.04. The Hall–Kier alpha value is -1.26. The number of aliphatic carboxylic acids is 1. The van der Waals surface area contributed by atoms with Gasteiger partial charge < -0.3 is 15.7 Å². The summed E-state index contributed by atoms with van der Waals surface area (Å²) in [6.45, 7) is 1.43. The predicted octanol–water partition coefficient (Wildman–Crippen LogP) is 0.311. The van der Waals surface area contributed by atoms with E-state index in [1.54, 1.807) is 0 Å². The van der Waals surface area contributed by atoms with Crippen molar-refractivity contribution in [2.75, 3.05) is 0 Å². The largest absolute Gasteiger partial charge is 0.480 e. The van der Waals surface area contributed by atoms with Gasteiger partial charge in [-0.15, -0.1) is 0 Å². The Labute approximate surface area is 76.5 Å². The number of hydrogen-bond donors (Lipinski definition) is 3. The van der Waals surface area contributed by atoms with Crippen LogP contribution in [0.4, 0.5) is 4.79 Å². The lowest BCUT2D eigenvalue weighted by molar-refractivity contribution is -0.138. The molecule has 1 aliphatic rings. The van der Waals surface area contributed by atoms with Gasteiger partial charge in [0.15, 0.2) is 0 Å². The molecule has 0 aromatic heterocycles. The van der Waals surface area contributed by atoms with Gasteiger partial charge in [0, 0.05) is 6.04 Å². The molecule has 0 radical (unpaired) electrons. The molecule has 0 spiro atoms. The summed E-state index contributed by atoms with van der Waals surface area (Å²) in [5, 5.41) is 13.5. The molecule has 1 rings (SSSR count). The number of amides is 2. The fraction of sp³-hybridized carbons (Fsp3) is 0.750. The fourth-order valence-electron chi connectivity index (χ4n) is 1.04. The smallest absolute Gasteiger partial charge is 0.325 e. The molecule has 1 atom stereocenters. The molecule has 5 nitrogen and oxygen atoms in total. The number of urea groups is 1.